The molecule has 7 heteroatoms. The highest BCUT2D eigenvalue weighted by molar-refractivity contribution is 5.46. The molecule has 5 unspecified atom stereocenters. The highest BCUT2D eigenvalue weighted by Crippen LogP contribution is 2.23. The van der Waals surface area contributed by atoms with Gasteiger partial charge in [0.2, 0.25) is 0 Å². The summed E-state index contributed by atoms with van der Waals surface area (Å²) in [5.41, 5.74) is 0.558. The zero-order chi connectivity index (χ0) is 14.0. The van der Waals surface area contributed by atoms with E-state index in [1.165, 1.54) is 12.1 Å². The van der Waals surface area contributed by atoms with E-state index in [1.54, 1.807) is 12.1 Å². The molecule has 0 spiro atoms. The number of anilines is 1. The second kappa shape index (κ2) is 5.72. The van der Waals surface area contributed by atoms with Gasteiger partial charge in [0, 0.05) is 5.69 Å². The van der Waals surface area contributed by atoms with Crippen molar-refractivity contribution in [3.05, 3.63) is 24.3 Å². The average molecular weight is 271 g/mol. The lowest BCUT2D eigenvalue weighted by atomic mass is 9.98. The highest BCUT2D eigenvalue weighted by atomic mass is 16.6. The third-order valence-corrected chi connectivity index (χ3v) is 3.07. The summed E-state index contributed by atoms with van der Waals surface area (Å²) in [7, 11) is 0. The molecule has 0 aromatic heterocycles. The number of benzene rings is 1. The van der Waals surface area contributed by atoms with Crippen LogP contribution in [0.2, 0.25) is 0 Å². The van der Waals surface area contributed by atoms with Crippen LogP contribution in [-0.2, 0) is 4.74 Å². The van der Waals surface area contributed by atoms with Crippen molar-refractivity contribution < 1.29 is 30.3 Å². The quantitative estimate of drug-likeness (QED) is 0.374. The van der Waals surface area contributed by atoms with Gasteiger partial charge in [-0.25, -0.2) is 0 Å². The largest absolute Gasteiger partial charge is 0.508 e. The van der Waals surface area contributed by atoms with Gasteiger partial charge in [-0.05, 0) is 24.3 Å². The van der Waals surface area contributed by atoms with Crippen LogP contribution >= 0.6 is 0 Å². The number of aliphatic hydroxyl groups is 4. The Kier molecular flexibility index (Phi) is 4.23. The van der Waals surface area contributed by atoms with Gasteiger partial charge in [0.25, 0.3) is 0 Å². The molecule has 1 fully saturated rings. The second-order valence-electron chi connectivity index (χ2n) is 4.44. The molecule has 1 aromatic carbocycles. The summed E-state index contributed by atoms with van der Waals surface area (Å²) in [5.74, 6) is 0.0966. The van der Waals surface area contributed by atoms with Crippen molar-refractivity contribution in [1.29, 1.82) is 0 Å². The molecule has 1 aliphatic rings. The first-order chi connectivity index (χ1) is 9.02. The second-order valence-corrected chi connectivity index (χ2v) is 4.44. The molecule has 1 saturated heterocycles. The number of nitrogens with one attached hydrogen (secondary N) is 1. The average Bonchev–Trinajstić information content (AvgIpc) is 2.42. The van der Waals surface area contributed by atoms with Gasteiger partial charge in [-0.3, -0.25) is 0 Å². The number of aliphatic hydroxyl groups excluding tert-OH is 4. The minimum Gasteiger partial charge on any atom is -0.508 e. The van der Waals surface area contributed by atoms with E-state index in [0.29, 0.717) is 5.69 Å². The molecule has 0 bridgehead atoms. The molecule has 19 heavy (non-hydrogen) atoms. The van der Waals surface area contributed by atoms with Crippen LogP contribution in [0, 0.1) is 0 Å². The zero-order valence-electron chi connectivity index (χ0n) is 10.0. The molecule has 6 N–H and O–H groups in total. The Morgan fingerprint density at radius 2 is 1.63 bits per heavy atom. The molecule has 2 rings (SSSR count). The van der Waals surface area contributed by atoms with E-state index in [1.807, 2.05) is 0 Å². The third kappa shape index (κ3) is 2.96. The molecule has 7 nitrogen and oxygen atoms in total. The van der Waals surface area contributed by atoms with E-state index in [0.717, 1.165) is 0 Å². The van der Waals surface area contributed by atoms with Crippen molar-refractivity contribution in [3.8, 4) is 5.75 Å². The van der Waals surface area contributed by atoms with Crippen LogP contribution in [0.15, 0.2) is 24.3 Å². The number of ether oxygens (including phenoxy) is 1. The molecule has 106 valence electrons. The first kappa shape index (κ1) is 14.0. The van der Waals surface area contributed by atoms with Gasteiger partial charge in [0.05, 0.1) is 6.61 Å². The number of phenolic OH excluding ortho intramolecular Hbond substituents is 1. The van der Waals surface area contributed by atoms with Crippen LogP contribution < -0.4 is 5.32 Å². The van der Waals surface area contributed by atoms with Crippen LogP contribution in [-0.4, -0.2) is 62.8 Å². The monoisotopic (exact) mass is 271 g/mol. The van der Waals surface area contributed by atoms with Gasteiger partial charge in [0.15, 0.2) is 6.23 Å². The summed E-state index contributed by atoms with van der Waals surface area (Å²) in [5, 5.41) is 50.1. The standard InChI is InChI=1S/C12H17NO6/c14-5-8-9(16)10(17)11(18)12(19-8)13-6-1-3-7(15)4-2-6/h1-4,8-18H,5H2. The summed E-state index contributed by atoms with van der Waals surface area (Å²) >= 11 is 0. The fraction of sp³-hybridized carbons (Fsp3) is 0.500. The molecule has 1 aromatic rings. The predicted molar refractivity (Wildman–Crippen MR) is 65.5 cm³/mol. The van der Waals surface area contributed by atoms with Gasteiger partial charge >= 0.3 is 0 Å². The number of hydrogen-bond donors (Lipinski definition) is 6. The summed E-state index contributed by atoms with van der Waals surface area (Å²) in [6.07, 6.45) is -6.06. The van der Waals surface area contributed by atoms with Crippen molar-refractivity contribution in [2.75, 3.05) is 11.9 Å². The first-order valence-corrected chi connectivity index (χ1v) is 5.89. The van der Waals surface area contributed by atoms with Crippen LogP contribution in [0.25, 0.3) is 0 Å². The first-order valence-electron chi connectivity index (χ1n) is 5.89. The molecule has 1 aliphatic heterocycles. The maximum absolute atomic E-state index is 9.81. The molecule has 0 amide bonds. The Hall–Kier alpha value is -1.38. The van der Waals surface area contributed by atoms with Gasteiger partial charge in [0.1, 0.15) is 30.2 Å². The topological polar surface area (TPSA) is 122 Å². The van der Waals surface area contributed by atoms with Crippen molar-refractivity contribution in [2.45, 2.75) is 30.6 Å². The van der Waals surface area contributed by atoms with Crippen LogP contribution in [0.1, 0.15) is 0 Å². The fourth-order valence-electron chi connectivity index (χ4n) is 1.94. The van der Waals surface area contributed by atoms with Gasteiger partial charge in [-0.2, -0.15) is 0 Å². The minimum absolute atomic E-state index is 0.0966. The lowest BCUT2D eigenvalue weighted by Gasteiger charge is -2.40. The highest BCUT2D eigenvalue weighted by Gasteiger charge is 2.43. The van der Waals surface area contributed by atoms with E-state index < -0.39 is 37.3 Å². The molecule has 0 radical (unpaired) electrons. The van der Waals surface area contributed by atoms with E-state index in [-0.39, 0.29) is 5.75 Å². The van der Waals surface area contributed by atoms with E-state index in [2.05, 4.69) is 5.32 Å². The van der Waals surface area contributed by atoms with Crippen molar-refractivity contribution in [1.82, 2.24) is 0 Å². The molecular formula is C12H17NO6. The lowest BCUT2D eigenvalue weighted by Crippen LogP contribution is -2.60. The predicted octanol–water partition coefficient (Wildman–Crippen LogP) is -1.40. The van der Waals surface area contributed by atoms with Crippen molar-refractivity contribution in [3.63, 3.8) is 0 Å². The van der Waals surface area contributed by atoms with E-state index in [4.69, 9.17) is 14.9 Å². The SMILES string of the molecule is OCC1OC(Nc2ccc(O)cc2)C(O)C(O)C1O. The summed E-state index contributed by atoms with van der Waals surface area (Å²) in [6, 6.07) is 6.03. The van der Waals surface area contributed by atoms with Crippen LogP contribution in [0.4, 0.5) is 5.69 Å². The van der Waals surface area contributed by atoms with Crippen LogP contribution in [0.3, 0.4) is 0 Å². The molecule has 0 aliphatic carbocycles. The maximum Gasteiger partial charge on any atom is 0.157 e. The van der Waals surface area contributed by atoms with Crippen molar-refractivity contribution >= 4 is 5.69 Å². The van der Waals surface area contributed by atoms with E-state index in [9.17, 15) is 15.3 Å². The number of phenols is 1. The fourth-order valence-corrected chi connectivity index (χ4v) is 1.94. The number of aromatic hydroxyl groups is 1. The van der Waals surface area contributed by atoms with Gasteiger partial charge in [-0.1, -0.05) is 0 Å². The molecular weight excluding hydrogens is 254 g/mol. The Bertz CT molecular complexity index is 409. The third-order valence-electron chi connectivity index (χ3n) is 3.07. The molecule has 0 saturated carbocycles. The van der Waals surface area contributed by atoms with Crippen molar-refractivity contribution in [2.24, 2.45) is 0 Å². The van der Waals surface area contributed by atoms with Gasteiger partial charge < -0.3 is 35.6 Å². The van der Waals surface area contributed by atoms with E-state index >= 15 is 0 Å². The smallest absolute Gasteiger partial charge is 0.157 e. The Morgan fingerprint density at radius 1 is 1.00 bits per heavy atom. The Morgan fingerprint density at radius 3 is 2.21 bits per heavy atom. The normalized spacial score (nSPS) is 35.1. The van der Waals surface area contributed by atoms with Gasteiger partial charge in [-0.15, -0.1) is 0 Å². The summed E-state index contributed by atoms with van der Waals surface area (Å²) in [6.45, 7) is -0.474. The zero-order valence-corrected chi connectivity index (χ0v) is 10.0. The Balaban J connectivity index is 2.08. The Labute approximate surface area is 109 Å². The summed E-state index contributed by atoms with van der Waals surface area (Å²) in [4.78, 5) is 0. The lowest BCUT2D eigenvalue weighted by molar-refractivity contribution is -0.221. The number of hydrogen-bond acceptors (Lipinski definition) is 7. The molecule has 5 atom stereocenters. The summed E-state index contributed by atoms with van der Waals surface area (Å²) < 4.78 is 5.28. The minimum atomic E-state index is -1.42. The number of rotatable bonds is 3. The maximum atomic E-state index is 9.81. The van der Waals surface area contributed by atoms with Crippen LogP contribution in [0.5, 0.6) is 5.75 Å². The molecule has 1 heterocycles.